The summed E-state index contributed by atoms with van der Waals surface area (Å²) in [7, 11) is 0. The van der Waals surface area contributed by atoms with E-state index in [0.717, 1.165) is 47.8 Å². The zero-order valence-corrected chi connectivity index (χ0v) is 25.9. The average Bonchev–Trinajstić information content (AvgIpc) is 2.94. The third kappa shape index (κ3) is 6.77. The van der Waals surface area contributed by atoms with Gasteiger partial charge in [0.05, 0.1) is 27.9 Å². The lowest BCUT2D eigenvalue weighted by atomic mass is 9.77. The van der Waals surface area contributed by atoms with Crippen LogP contribution in [0.2, 0.25) is 5.02 Å². The average molecular weight is 601 g/mol. The van der Waals surface area contributed by atoms with Gasteiger partial charge >= 0.3 is 0 Å². The molecule has 0 bridgehead atoms. The standard InChI is InChI=1S/C30H35Cl2N5O2S/c1-19(2)37-12-10-24-26(17-37)34-29(36-40-5)35-27(24)18-39-23-8-6-21(7-9-23)30(3,4)22-14-20(16-33)28(25(32)15-22)38-13-11-31/h6-9,14-15,19H,10-13,17-18H2,1-5H3,(H,34,35,36). The first-order valence-corrected chi connectivity index (χ1v) is 15.4. The lowest BCUT2D eigenvalue weighted by Crippen LogP contribution is -2.37. The van der Waals surface area contributed by atoms with Crippen molar-refractivity contribution >= 4 is 41.1 Å². The highest BCUT2D eigenvalue weighted by Gasteiger charge is 2.27. The molecule has 2 heterocycles. The van der Waals surface area contributed by atoms with Gasteiger partial charge in [-0.2, -0.15) is 5.26 Å². The Kier molecular flexibility index (Phi) is 10.1. The Morgan fingerprint density at radius 1 is 1.15 bits per heavy atom. The van der Waals surface area contributed by atoms with Crippen LogP contribution < -0.4 is 14.2 Å². The first-order chi connectivity index (χ1) is 19.2. The number of halogens is 2. The number of alkyl halides is 1. The van der Waals surface area contributed by atoms with Crippen LogP contribution in [0.5, 0.6) is 11.5 Å². The van der Waals surface area contributed by atoms with Crippen LogP contribution in [0, 0.1) is 11.3 Å². The zero-order valence-electron chi connectivity index (χ0n) is 23.6. The molecule has 10 heteroatoms. The second-order valence-corrected chi connectivity index (χ2v) is 11.9. The van der Waals surface area contributed by atoms with Crippen LogP contribution in [0.15, 0.2) is 36.4 Å². The molecule has 1 aliphatic heterocycles. The molecule has 3 aromatic rings. The third-order valence-corrected chi connectivity index (χ3v) is 8.09. The Balaban J connectivity index is 1.52. The summed E-state index contributed by atoms with van der Waals surface area (Å²) in [6.07, 6.45) is 2.86. The van der Waals surface area contributed by atoms with Crippen molar-refractivity contribution in [2.24, 2.45) is 0 Å². The monoisotopic (exact) mass is 599 g/mol. The van der Waals surface area contributed by atoms with E-state index in [1.165, 1.54) is 17.5 Å². The smallest absolute Gasteiger partial charge is 0.233 e. The molecule has 0 spiro atoms. The van der Waals surface area contributed by atoms with Crippen LogP contribution in [-0.4, -0.2) is 46.2 Å². The van der Waals surface area contributed by atoms with Crippen LogP contribution in [0.3, 0.4) is 0 Å². The fourth-order valence-electron chi connectivity index (χ4n) is 4.84. The Bertz CT molecular complexity index is 1380. The largest absolute Gasteiger partial charge is 0.489 e. The van der Waals surface area contributed by atoms with E-state index in [4.69, 9.17) is 42.6 Å². The van der Waals surface area contributed by atoms with Gasteiger partial charge in [0.25, 0.3) is 0 Å². The van der Waals surface area contributed by atoms with Crippen molar-refractivity contribution < 1.29 is 9.47 Å². The van der Waals surface area contributed by atoms with Gasteiger partial charge in [0.15, 0.2) is 5.75 Å². The maximum atomic E-state index is 9.70. The van der Waals surface area contributed by atoms with E-state index >= 15 is 0 Å². The van der Waals surface area contributed by atoms with Gasteiger partial charge in [-0.3, -0.25) is 9.62 Å². The molecule has 0 unspecified atom stereocenters. The van der Waals surface area contributed by atoms with E-state index in [2.05, 4.69) is 43.4 Å². The van der Waals surface area contributed by atoms with Gasteiger partial charge in [-0.15, -0.1) is 11.6 Å². The summed E-state index contributed by atoms with van der Waals surface area (Å²) < 4.78 is 15.0. The molecule has 0 amide bonds. The minimum Gasteiger partial charge on any atom is -0.489 e. The summed E-state index contributed by atoms with van der Waals surface area (Å²) >= 11 is 13.7. The molecule has 1 N–H and O–H groups in total. The Morgan fingerprint density at radius 3 is 2.55 bits per heavy atom. The lowest BCUT2D eigenvalue weighted by Gasteiger charge is -2.32. The summed E-state index contributed by atoms with van der Waals surface area (Å²) in [6, 6.07) is 14.4. The van der Waals surface area contributed by atoms with Crippen molar-refractivity contribution in [1.29, 1.82) is 5.26 Å². The second-order valence-electron chi connectivity index (χ2n) is 10.5. The van der Waals surface area contributed by atoms with E-state index < -0.39 is 5.41 Å². The molecule has 7 nitrogen and oxygen atoms in total. The van der Waals surface area contributed by atoms with Crippen molar-refractivity contribution in [3.63, 3.8) is 0 Å². The van der Waals surface area contributed by atoms with Crippen LogP contribution in [0.4, 0.5) is 5.95 Å². The van der Waals surface area contributed by atoms with Crippen molar-refractivity contribution in [3.05, 3.63) is 75.1 Å². The summed E-state index contributed by atoms with van der Waals surface area (Å²) in [4.78, 5) is 12.0. The number of hydrogen-bond acceptors (Lipinski definition) is 8. The molecular formula is C30H35Cl2N5O2S. The van der Waals surface area contributed by atoms with Crippen LogP contribution >= 0.6 is 35.1 Å². The number of ether oxygens (including phenoxy) is 2. The maximum absolute atomic E-state index is 9.70. The Morgan fingerprint density at radius 2 is 1.90 bits per heavy atom. The van der Waals surface area contributed by atoms with Crippen molar-refractivity contribution in [2.75, 3.05) is 30.0 Å². The topological polar surface area (TPSA) is 83.3 Å². The number of rotatable bonds is 11. The first-order valence-electron chi connectivity index (χ1n) is 13.3. The molecule has 1 aromatic heterocycles. The van der Waals surface area contributed by atoms with Crippen LogP contribution in [0.1, 0.15) is 61.3 Å². The Labute approximate surface area is 251 Å². The number of nitrogens with zero attached hydrogens (tertiary/aromatic N) is 4. The third-order valence-electron chi connectivity index (χ3n) is 7.26. The predicted molar refractivity (Wildman–Crippen MR) is 164 cm³/mol. The van der Waals surface area contributed by atoms with E-state index in [1.807, 2.05) is 42.7 Å². The molecule has 0 aliphatic carbocycles. The minimum absolute atomic E-state index is 0.282. The number of nitriles is 1. The molecule has 0 saturated heterocycles. The number of nitrogens with one attached hydrogen (secondary N) is 1. The molecule has 4 rings (SSSR count). The predicted octanol–water partition coefficient (Wildman–Crippen LogP) is 6.98. The molecule has 40 heavy (non-hydrogen) atoms. The second kappa shape index (κ2) is 13.3. The zero-order chi connectivity index (χ0) is 28.9. The van der Waals surface area contributed by atoms with E-state index in [0.29, 0.717) is 40.8 Å². The van der Waals surface area contributed by atoms with Crippen molar-refractivity contribution in [3.8, 4) is 17.6 Å². The molecule has 0 atom stereocenters. The molecule has 2 aromatic carbocycles. The summed E-state index contributed by atoms with van der Waals surface area (Å²) in [6.45, 7) is 11.1. The molecular weight excluding hydrogens is 565 g/mol. The van der Waals surface area contributed by atoms with E-state index in [9.17, 15) is 5.26 Å². The molecule has 0 fully saturated rings. The fraction of sp³-hybridized carbons (Fsp3) is 0.433. The SMILES string of the molecule is CSNc1nc(COc2ccc(C(C)(C)c3cc(Cl)c(OCCCl)c(C#N)c3)cc2)c2c(n1)CN(C(C)C)CC2. The number of benzene rings is 2. The Hall–Kier alpha value is -2.70. The lowest BCUT2D eigenvalue weighted by molar-refractivity contribution is 0.198. The van der Waals surface area contributed by atoms with Crippen LogP contribution in [0.25, 0.3) is 0 Å². The van der Waals surface area contributed by atoms with Gasteiger partial charge < -0.3 is 9.47 Å². The minimum atomic E-state index is -0.412. The van der Waals surface area contributed by atoms with Crippen LogP contribution in [-0.2, 0) is 25.0 Å². The number of aromatic nitrogens is 2. The summed E-state index contributed by atoms with van der Waals surface area (Å²) in [5, 5.41) is 10.1. The van der Waals surface area contributed by atoms with E-state index in [1.54, 1.807) is 0 Å². The number of hydrogen-bond donors (Lipinski definition) is 1. The highest BCUT2D eigenvalue weighted by Crippen LogP contribution is 2.38. The normalized spacial score (nSPS) is 13.6. The van der Waals surface area contributed by atoms with Crippen molar-refractivity contribution in [2.45, 2.75) is 58.7 Å². The molecule has 0 saturated carbocycles. The molecule has 0 radical (unpaired) electrons. The molecule has 212 valence electrons. The van der Waals surface area contributed by atoms with Gasteiger partial charge in [-0.05, 0) is 55.7 Å². The summed E-state index contributed by atoms with van der Waals surface area (Å²) in [5.41, 5.74) is 5.13. The van der Waals surface area contributed by atoms with Gasteiger partial charge in [-0.25, -0.2) is 9.97 Å². The number of anilines is 1. The summed E-state index contributed by atoms with van der Waals surface area (Å²) in [5.74, 6) is 2.05. The number of fused-ring (bicyclic) bond motifs is 1. The van der Waals surface area contributed by atoms with E-state index in [-0.39, 0.29) is 6.61 Å². The van der Waals surface area contributed by atoms with Gasteiger partial charge in [0.2, 0.25) is 5.95 Å². The van der Waals surface area contributed by atoms with Gasteiger partial charge in [-0.1, -0.05) is 49.5 Å². The molecule has 1 aliphatic rings. The maximum Gasteiger partial charge on any atom is 0.233 e. The highest BCUT2D eigenvalue weighted by molar-refractivity contribution is 7.99. The van der Waals surface area contributed by atoms with Gasteiger partial charge in [0, 0.05) is 36.4 Å². The van der Waals surface area contributed by atoms with Crippen molar-refractivity contribution in [1.82, 2.24) is 14.9 Å². The quantitative estimate of drug-likeness (QED) is 0.187. The fourth-order valence-corrected chi connectivity index (χ4v) is 5.46. The highest BCUT2D eigenvalue weighted by atomic mass is 35.5. The van der Waals surface area contributed by atoms with Gasteiger partial charge in [0.1, 0.15) is 25.0 Å². The first kappa shape index (κ1) is 30.3.